The van der Waals surface area contributed by atoms with Gasteiger partial charge in [-0.15, -0.1) is 0 Å². The maximum absolute atomic E-state index is 13.1. The highest BCUT2D eigenvalue weighted by atomic mass is 31.2. The Labute approximate surface area is 607 Å². The van der Waals surface area contributed by atoms with Gasteiger partial charge in [-0.2, -0.15) is 0 Å². The van der Waals surface area contributed by atoms with E-state index in [4.69, 9.17) is 37.0 Å². The fourth-order valence-corrected chi connectivity index (χ4v) is 11.7. The molecule has 19 heteroatoms. The van der Waals surface area contributed by atoms with Gasteiger partial charge in [-0.3, -0.25) is 37.3 Å². The molecule has 17 nitrogen and oxygen atoms in total. The summed E-state index contributed by atoms with van der Waals surface area (Å²) in [5, 5.41) is 10.6. The van der Waals surface area contributed by atoms with Gasteiger partial charge in [0.05, 0.1) is 26.4 Å². The van der Waals surface area contributed by atoms with E-state index in [1.807, 2.05) is 18.2 Å². The van der Waals surface area contributed by atoms with E-state index in [0.717, 1.165) is 148 Å². The number of unbranched alkanes of at least 4 members (excludes halogenated alkanes) is 29. The van der Waals surface area contributed by atoms with Crippen LogP contribution in [0.4, 0.5) is 0 Å². The van der Waals surface area contributed by atoms with Gasteiger partial charge in [-0.05, 0) is 148 Å². The van der Waals surface area contributed by atoms with Crippen LogP contribution in [-0.2, 0) is 65.4 Å². The molecule has 0 radical (unpaired) electrons. The van der Waals surface area contributed by atoms with E-state index in [1.54, 1.807) is 0 Å². The predicted molar refractivity (Wildman–Crippen MR) is 408 cm³/mol. The van der Waals surface area contributed by atoms with Crippen molar-refractivity contribution >= 4 is 39.5 Å². The molecular formula is C81H140O17P2. The zero-order valence-corrected chi connectivity index (χ0v) is 64.6. The number of esters is 4. The first-order valence-corrected chi connectivity index (χ1v) is 42.1. The molecular weight excluding hydrogens is 1310 g/mol. The minimum atomic E-state index is -5.00. The Hall–Kier alpha value is -4.28. The van der Waals surface area contributed by atoms with Crippen LogP contribution < -0.4 is 0 Å². The summed E-state index contributed by atoms with van der Waals surface area (Å²) in [6.45, 7) is 4.68. The number of aliphatic hydroxyl groups is 1. The van der Waals surface area contributed by atoms with Gasteiger partial charge < -0.3 is 33.8 Å². The van der Waals surface area contributed by atoms with Gasteiger partial charge in [0.15, 0.2) is 12.2 Å². The minimum absolute atomic E-state index is 0.0327. The van der Waals surface area contributed by atoms with Gasteiger partial charge in [-0.25, -0.2) is 9.13 Å². The maximum atomic E-state index is 13.1. The van der Waals surface area contributed by atoms with Crippen molar-refractivity contribution in [3.8, 4) is 0 Å². The van der Waals surface area contributed by atoms with E-state index in [9.17, 15) is 43.2 Å². The Morgan fingerprint density at radius 3 is 0.840 bits per heavy atom. The van der Waals surface area contributed by atoms with Crippen LogP contribution >= 0.6 is 15.6 Å². The zero-order chi connectivity index (χ0) is 73.2. The van der Waals surface area contributed by atoms with Crippen LogP contribution in [0.1, 0.15) is 323 Å². The summed E-state index contributed by atoms with van der Waals surface area (Å²) >= 11 is 0. The third-order valence-corrected chi connectivity index (χ3v) is 18.1. The van der Waals surface area contributed by atoms with E-state index in [-0.39, 0.29) is 25.7 Å². The van der Waals surface area contributed by atoms with E-state index in [1.165, 1.54) is 89.9 Å². The van der Waals surface area contributed by atoms with E-state index in [2.05, 4.69) is 119 Å². The van der Waals surface area contributed by atoms with Crippen LogP contribution in [0, 0.1) is 0 Å². The fraction of sp³-hybridized carbons (Fsp3) is 0.728. The number of ether oxygens (including phenoxy) is 4. The summed E-state index contributed by atoms with van der Waals surface area (Å²) in [5.41, 5.74) is 0. The number of allylic oxidation sites excluding steroid dienone is 18. The van der Waals surface area contributed by atoms with Gasteiger partial charge in [0.2, 0.25) is 0 Å². The molecule has 0 spiro atoms. The second-order valence-electron chi connectivity index (χ2n) is 25.9. The topological polar surface area (TPSA) is 237 Å². The lowest BCUT2D eigenvalue weighted by Crippen LogP contribution is -2.30. The van der Waals surface area contributed by atoms with Crippen LogP contribution in [0.3, 0.4) is 0 Å². The Kier molecular flexibility index (Phi) is 69.9. The average molecular weight is 1450 g/mol. The summed E-state index contributed by atoms with van der Waals surface area (Å²) in [5.74, 6) is -2.30. The maximum Gasteiger partial charge on any atom is 0.472 e. The highest BCUT2D eigenvalue weighted by molar-refractivity contribution is 7.47. The summed E-state index contributed by atoms with van der Waals surface area (Å²) in [6.07, 6.45) is 78.0. The molecule has 0 saturated heterocycles. The third-order valence-electron chi connectivity index (χ3n) is 16.2. The molecule has 0 heterocycles. The number of phosphoric acid groups is 2. The lowest BCUT2D eigenvalue weighted by molar-refractivity contribution is -0.161. The van der Waals surface area contributed by atoms with Gasteiger partial charge in [-0.1, -0.05) is 259 Å². The molecule has 0 fully saturated rings. The SMILES string of the molecule is CCCCC/C=C\C/C=C\C/C=C\C/C=C\C/C=C\CCC(=O)O[C@H](COC(=O)CCCCCCC/C=C\C/C=C\CCCCC)COP(=O)(O)OC[C@@H](O)COP(=O)(O)OC[C@@H](COC(=O)CCCCCCC/C=C\CCCCCC)OC(=O)CCCCCCC/C=C\CCCCCC. The highest BCUT2D eigenvalue weighted by Crippen LogP contribution is 2.45. The molecule has 0 bridgehead atoms. The van der Waals surface area contributed by atoms with E-state index < -0.39 is 97.5 Å². The molecule has 0 amide bonds. The number of carbonyl (C=O) groups is 4. The quantitative estimate of drug-likeness (QED) is 0.0169. The smallest absolute Gasteiger partial charge is 0.462 e. The fourth-order valence-electron chi connectivity index (χ4n) is 10.2. The standard InChI is InChI=1S/C81H140O17P2/c1-5-9-13-17-21-25-29-33-35-36-37-38-40-44-48-52-56-60-64-68-81(86)98-77(72-92-79(84)66-62-58-54-50-46-43-39-34-30-26-22-18-14-10-6-2)74-96-100(89,90)94-70-75(82)69-93-99(87,88)95-73-76(97-80(85)67-63-59-55-51-47-42-32-28-24-20-16-12-8-4)71-91-78(83)65-61-57-53-49-45-41-31-27-23-19-15-11-7-3/h21-22,25-28,31-35,37-39,44,48,56,60,75-77,82H,5-20,23-24,29-30,36,40-43,45-47,49-55,57-59,61-74H2,1-4H3,(H,87,88)(H,89,90)/b25-21-,26-22-,31-27-,32-28-,35-33-,38-37-,39-34-,48-44-,60-56-/t75-,76+,77+/m0/s1. The van der Waals surface area contributed by atoms with Crippen LogP contribution in [-0.4, -0.2) is 96.7 Å². The molecule has 576 valence electrons. The van der Waals surface area contributed by atoms with Crippen LogP contribution in [0.25, 0.3) is 0 Å². The lowest BCUT2D eigenvalue weighted by Gasteiger charge is -2.21. The van der Waals surface area contributed by atoms with E-state index >= 15 is 0 Å². The molecule has 0 aromatic heterocycles. The summed E-state index contributed by atoms with van der Waals surface area (Å²) in [7, 11) is -9.98. The van der Waals surface area contributed by atoms with Gasteiger partial charge >= 0.3 is 39.5 Å². The Morgan fingerprint density at radius 1 is 0.280 bits per heavy atom. The first-order valence-electron chi connectivity index (χ1n) is 39.1. The predicted octanol–water partition coefficient (Wildman–Crippen LogP) is 22.6. The molecule has 0 aliphatic rings. The van der Waals surface area contributed by atoms with Crippen molar-refractivity contribution in [1.29, 1.82) is 0 Å². The number of hydrogen-bond donors (Lipinski definition) is 3. The lowest BCUT2D eigenvalue weighted by atomic mass is 10.1. The number of phosphoric ester groups is 2. The monoisotopic (exact) mass is 1450 g/mol. The number of rotatable bonds is 73. The number of hydrogen-bond acceptors (Lipinski definition) is 15. The molecule has 100 heavy (non-hydrogen) atoms. The molecule has 0 saturated carbocycles. The van der Waals surface area contributed by atoms with Gasteiger partial charge in [0, 0.05) is 25.7 Å². The first-order chi connectivity index (χ1) is 48.7. The summed E-state index contributed by atoms with van der Waals surface area (Å²) < 4.78 is 68.4. The van der Waals surface area contributed by atoms with Gasteiger partial charge in [0.25, 0.3) is 0 Å². The molecule has 0 aliphatic carbocycles. The molecule has 2 unspecified atom stereocenters. The average Bonchev–Trinajstić information content (AvgIpc) is 0.934. The van der Waals surface area contributed by atoms with Crippen LogP contribution in [0.15, 0.2) is 109 Å². The van der Waals surface area contributed by atoms with Crippen molar-refractivity contribution in [2.45, 2.75) is 341 Å². The molecule has 0 aliphatic heterocycles. The van der Waals surface area contributed by atoms with Crippen molar-refractivity contribution in [2.24, 2.45) is 0 Å². The highest BCUT2D eigenvalue weighted by Gasteiger charge is 2.30. The molecule has 0 rings (SSSR count). The second kappa shape index (κ2) is 73.0. The van der Waals surface area contributed by atoms with E-state index in [0.29, 0.717) is 32.1 Å². The normalized spacial score (nSPS) is 14.5. The van der Waals surface area contributed by atoms with Crippen molar-refractivity contribution in [3.05, 3.63) is 109 Å². The van der Waals surface area contributed by atoms with Crippen LogP contribution in [0.5, 0.6) is 0 Å². The van der Waals surface area contributed by atoms with Crippen LogP contribution in [0.2, 0.25) is 0 Å². The summed E-state index contributed by atoms with van der Waals surface area (Å²) in [4.78, 5) is 72.8. The van der Waals surface area contributed by atoms with Crippen molar-refractivity contribution in [2.75, 3.05) is 39.6 Å². The first kappa shape index (κ1) is 95.7. The molecule has 5 atom stereocenters. The molecule has 0 aromatic rings. The third kappa shape index (κ3) is 72.1. The molecule has 0 aromatic carbocycles. The largest absolute Gasteiger partial charge is 0.472 e. The van der Waals surface area contributed by atoms with Crippen molar-refractivity contribution < 1.29 is 80.2 Å². The number of aliphatic hydroxyl groups excluding tert-OH is 1. The van der Waals surface area contributed by atoms with Crippen molar-refractivity contribution in [1.82, 2.24) is 0 Å². The minimum Gasteiger partial charge on any atom is -0.462 e. The molecule has 3 N–H and O–H groups in total. The Bertz CT molecular complexity index is 2320. The second-order valence-corrected chi connectivity index (χ2v) is 28.8. The Morgan fingerprint density at radius 2 is 0.510 bits per heavy atom. The Balaban J connectivity index is 5.44. The number of carbonyl (C=O) groups excluding carboxylic acids is 4. The van der Waals surface area contributed by atoms with Crippen molar-refractivity contribution in [3.63, 3.8) is 0 Å². The van der Waals surface area contributed by atoms with Gasteiger partial charge in [0.1, 0.15) is 19.3 Å². The summed E-state index contributed by atoms with van der Waals surface area (Å²) in [6, 6.07) is 0. The zero-order valence-electron chi connectivity index (χ0n) is 62.8.